The minimum absolute atomic E-state index is 0.221. The van der Waals surface area contributed by atoms with Gasteiger partial charge in [-0.15, -0.1) is 0 Å². The first-order valence-electron chi connectivity index (χ1n) is 12.2. The number of methoxy groups -OCH3 is 1. The SMILES string of the molecule is COc1c(OCCOCCN(C(=O)O)C(C)(C)C)ccc2c1N=C(NC(=O)c1cccnc1)N1CCN=C21. The Labute approximate surface area is 220 Å². The summed E-state index contributed by atoms with van der Waals surface area (Å²) in [7, 11) is 1.53. The summed E-state index contributed by atoms with van der Waals surface area (Å²) in [6.45, 7) is 7.64. The van der Waals surface area contributed by atoms with Crippen LogP contribution >= 0.6 is 0 Å². The number of pyridine rings is 1. The molecule has 0 saturated carbocycles. The summed E-state index contributed by atoms with van der Waals surface area (Å²) in [4.78, 5) is 40.8. The fraction of sp³-hybridized carbons (Fsp3) is 0.423. The first-order chi connectivity index (χ1) is 18.2. The quantitative estimate of drug-likeness (QED) is 0.478. The molecule has 2 aliphatic heterocycles. The van der Waals surface area contributed by atoms with Gasteiger partial charge in [-0.2, -0.15) is 0 Å². The molecule has 0 saturated heterocycles. The third-order valence-electron chi connectivity index (χ3n) is 5.99. The molecule has 3 heterocycles. The lowest BCUT2D eigenvalue weighted by molar-refractivity contribution is 0.0510. The molecule has 1 aromatic carbocycles. The van der Waals surface area contributed by atoms with Gasteiger partial charge in [0.05, 0.1) is 32.4 Å². The molecule has 0 bridgehead atoms. The molecule has 2 N–H and O–H groups in total. The molecular formula is C26H32N6O6. The van der Waals surface area contributed by atoms with E-state index in [2.05, 4.69) is 15.3 Å². The smallest absolute Gasteiger partial charge is 0.407 e. The predicted octanol–water partition coefficient (Wildman–Crippen LogP) is 2.76. The molecule has 0 aliphatic carbocycles. The van der Waals surface area contributed by atoms with Crippen molar-refractivity contribution in [2.45, 2.75) is 26.3 Å². The van der Waals surface area contributed by atoms with Crippen LogP contribution in [0.1, 0.15) is 36.7 Å². The molecule has 2 aliphatic rings. The molecule has 2 amide bonds. The van der Waals surface area contributed by atoms with Crippen LogP contribution in [0.2, 0.25) is 0 Å². The highest BCUT2D eigenvalue weighted by Gasteiger charge is 2.33. The van der Waals surface area contributed by atoms with Crippen LogP contribution in [0.15, 0.2) is 46.6 Å². The van der Waals surface area contributed by atoms with Crippen molar-refractivity contribution in [1.82, 2.24) is 20.1 Å². The number of amidine groups is 1. The average Bonchev–Trinajstić information content (AvgIpc) is 3.38. The van der Waals surface area contributed by atoms with Crippen molar-refractivity contribution >= 4 is 29.5 Å². The Balaban J connectivity index is 1.44. The highest BCUT2D eigenvalue weighted by molar-refractivity contribution is 6.20. The normalized spacial score (nSPS) is 14.2. The number of rotatable bonds is 9. The third kappa shape index (κ3) is 5.86. The van der Waals surface area contributed by atoms with Crippen LogP contribution < -0.4 is 14.8 Å². The van der Waals surface area contributed by atoms with E-state index in [0.29, 0.717) is 47.6 Å². The number of hydrogen-bond acceptors (Lipinski definition) is 9. The van der Waals surface area contributed by atoms with Crippen LogP contribution in [0.5, 0.6) is 11.5 Å². The number of nitrogens with one attached hydrogen (secondary N) is 1. The Morgan fingerprint density at radius 3 is 2.68 bits per heavy atom. The topological polar surface area (TPSA) is 138 Å². The minimum Gasteiger partial charge on any atom is -0.491 e. The maximum atomic E-state index is 12.8. The molecule has 12 heteroatoms. The van der Waals surface area contributed by atoms with E-state index in [9.17, 15) is 14.7 Å². The summed E-state index contributed by atoms with van der Waals surface area (Å²) >= 11 is 0. The molecule has 0 radical (unpaired) electrons. The molecule has 202 valence electrons. The third-order valence-corrected chi connectivity index (χ3v) is 5.99. The van der Waals surface area contributed by atoms with E-state index < -0.39 is 11.6 Å². The molecule has 12 nitrogen and oxygen atoms in total. The molecule has 4 rings (SSSR count). The van der Waals surface area contributed by atoms with E-state index in [-0.39, 0.29) is 32.3 Å². The number of amides is 2. The molecule has 0 spiro atoms. The number of carbonyl (C=O) groups excluding carboxylic acids is 1. The van der Waals surface area contributed by atoms with Crippen molar-refractivity contribution in [2.75, 3.05) is 46.6 Å². The number of hydrogen-bond donors (Lipinski definition) is 2. The largest absolute Gasteiger partial charge is 0.491 e. The number of aromatic nitrogens is 1. The van der Waals surface area contributed by atoms with Crippen molar-refractivity contribution in [3.63, 3.8) is 0 Å². The molecule has 0 atom stereocenters. The van der Waals surface area contributed by atoms with Gasteiger partial charge in [-0.05, 0) is 45.0 Å². The van der Waals surface area contributed by atoms with Gasteiger partial charge in [-0.1, -0.05) is 0 Å². The zero-order chi connectivity index (χ0) is 27.3. The maximum absolute atomic E-state index is 12.8. The Bertz CT molecular complexity index is 1240. The van der Waals surface area contributed by atoms with Crippen molar-refractivity contribution in [3.8, 4) is 11.5 Å². The fourth-order valence-corrected chi connectivity index (χ4v) is 4.16. The van der Waals surface area contributed by atoms with Gasteiger partial charge >= 0.3 is 6.09 Å². The van der Waals surface area contributed by atoms with Crippen LogP contribution in [-0.4, -0.2) is 95.8 Å². The maximum Gasteiger partial charge on any atom is 0.407 e. The number of benzene rings is 1. The number of ether oxygens (including phenoxy) is 3. The lowest BCUT2D eigenvalue weighted by atomic mass is 10.1. The fourth-order valence-electron chi connectivity index (χ4n) is 4.16. The van der Waals surface area contributed by atoms with Crippen molar-refractivity contribution < 1.29 is 28.9 Å². The van der Waals surface area contributed by atoms with E-state index in [1.165, 1.54) is 18.2 Å². The van der Waals surface area contributed by atoms with E-state index in [0.717, 1.165) is 5.56 Å². The van der Waals surface area contributed by atoms with Gasteiger partial charge in [0.25, 0.3) is 5.91 Å². The van der Waals surface area contributed by atoms with E-state index in [1.807, 2.05) is 31.7 Å². The van der Waals surface area contributed by atoms with Crippen LogP contribution in [0.25, 0.3) is 0 Å². The monoisotopic (exact) mass is 524 g/mol. The summed E-state index contributed by atoms with van der Waals surface area (Å²) in [5, 5.41) is 12.2. The minimum atomic E-state index is -0.988. The van der Waals surface area contributed by atoms with Gasteiger partial charge in [0.1, 0.15) is 18.1 Å². The summed E-state index contributed by atoms with van der Waals surface area (Å²) in [6, 6.07) is 7.02. The second-order valence-corrected chi connectivity index (χ2v) is 9.55. The number of fused-ring (bicyclic) bond motifs is 3. The van der Waals surface area contributed by atoms with Crippen LogP contribution in [0.4, 0.5) is 10.5 Å². The Hall–Kier alpha value is -4.19. The van der Waals surface area contributed by atoms with Crippen molar-refractivity contribution in [2.24, 2.45) is 9.98 Å². The standard InChI is InChI=1S/C26H32N6O6/c1-26(2,3)32(25(34)35)12-13-37-14-15-38-19-8-7-18-20(21(19)36-4)29-24(31-11-10-28-22(18)31)30-23(33)17-6-5-9-27-16-17/h5-9,16H,10-15H2,1-4H3,(H,34,35)(H,29,30,33). The van der Waals surface area contributed by atoms with Crippen molar-refractivity contribution in [3.05, 3.63) is 47.8 Å². The van der Waals surface area contributed by atoms with Crippen LogP contribution in [0.3, 0.4) is 0 Å². The summed E-state index contributed by atoms with van der Waals surface area (Å²) in [6.07, 6.45) is 2.10. The Morgan fingerprint density at radius 2 is 2.00 bits per heavy atom. The zero-order valence-electron chi connectivity index (χ0n) is 21.9. The first-order valence-corrected chi connectivity index (χ1v) is 12.2. The van der Waals surface area contributed by atoms with Gasteiger partial charge in [-0.25, -0.2) is 9.79 Å². The second kappa shape index (κ2) is 11.5. The van der Waals surface area contributed by atoms with Gasteiger partial charge in [-0.3, -0.25) is 25.0 Å². The van der Waals surface area contributed by atoms with Gasteiger partial charge in [0.2, 0.25) is 5.96 Å². The van der Waals surface area contributed by atoms with Crippen LogP contribution in [-0.2, 0) is 4.74 Å². The van der Waals surface area contributed by atoms with E-state index in [4.69, 9.17) is 19.2 Å². The Kier molecular flexibility index (Phi) is 8.10. The molecule has 0 fully saturated rings. The number of aliphatic imine (C=N–C) groups is 2. The summed E-state index contributed by atoms with van der Waals surface area (Å²) < 4.78 is 17.2. The van der Waals surface area contributed by atoms with Gasteiger partial charge in [0, 0.05) is 36.6 Å². The molecule has 1 aromatic heterocycles. The highest BCUT2D eigenvalue weighted by atomic mass is 16.5. The number of guanidine groups is 1. The lowest BCUT2D eigenvalue weighted by Gasteiger charge is -2.32. The highest BCUT2D eigenvalue weighted by Crippen LogP contribution is 2.43. The summed E-state index contributed by atoms with van der Waals surface area (Å²) in [5.74, 6) is 1.60. The predicted molar refractivity (Wildman–Crippen MR) is 141 cm³/mol. The molecule has 38 heavy (non-hydrogen) atoms. The lowest BCUT2D eigenvalue weighted by Crippen LogP contribution is -2.47. The van der Waals surface area contributed by atoms with Crippen molar-refractivity contribution in [1.29, 1.82) is 0 Å². The molecule has 2 aromatic rings. The van der Waals surface area contributed by atoms with Gasteiger partial charge < -0.3 is 24.2 Å². The van der Waals surface area contributed by atoms with Gasteiger partial charge in [0.15, 0.2) is 11.5 Å². The van der Waals surface area contributed by atoms with E-state index >= 15 is 0 Å². The molecule has 0 unspecified atom stereocenters. The number of nitrogens with zero attached hydrogens (tertiary/aromatic N) is 5. The molecular weight excluding hydrogens is 492 g/mol. The summed E-state index contributed by atoms with van der Waals surface area (Å²) in [5.41, 5.74) is 1.18. The van der Waals surface area contributed by atoms with Crippen LogP contribution in [0, 0.1) is 0 Å². The first kappa shape index (κ1) is 26.9. The number of carbonyl (C=O) groups is 2. The average molecular weight is 525 g/mol. The second-order valence-electron chi connectivity index (χ2n) is 9.55. The zero-order valence-corrected chi connectivity index (χ0v) is 21.9. The number of carboxylic acid groups (broad SMARTS) is 1. The Morgan fingerprint density at radius 1 is 1.18 bits per heavy atom. The van der Waals surface area contributed by atoms with E-state index in [1.54, 1.807) is 24.4 Å².